The Labute approximate surface area is 99.3 Å². The van der Waals surface area contributed by atoms with Gasteiger partial charge in [0.15, 0.2) is 0 Å². The maximum Gasteiger partial charge on any atom is 0.244 e. The number of hydrogen-bond donors (Lipinski definition) is 1. The molecule has 0 aliphatic rings. The van der Waals surface area contributed by atoms with Gasteiger partial charge < -0.3 is 5.73 Å². The van der Waals surface area contributed by atoms with Crippen molar-refractivity contribution in [3.63, 3.8) is 0 Å². The zero-order valence-electron chi connectivity index (χ0n) is 9.22. The number of hydrogen-bond acceptors (Lipinski definition) is 4. The van der Waals surface area contributed by atoms with E-state index in [0.717, 1.165) is 22.5 Å². The number of nitrogen functional groups attached to an aromatic ring is 1. The molecule has 0 saturated heterocycles. The van der Waals surface area contributed by atoms with Gasteiger partial charge in [-0.3, -0.25) is 0 Å². The maximum atomic E-state index is 12.8. The van der Waals surface area contributed by atoms with E-state index in [4.69, 9.17) is 11.0 Å². The number of sulfonamides is 1. The summed E-state index contributed by atoms with van der Waals surface area (Å²) in [5.41, 5.74) is 5.32. The van der Waals surface area contributed by atoms with Crippen LogP contribution in [0.5, 0.6) is 0 Å². The molecule has 2 N–H and O–H groups in total. The Morgan fingerprint density at radius 3 is 2.71 bits per heavy atom. The minimum atomic E-state index is -3.77. The maximum absolute atomic E-state index is 12.8. The monoisotopic (exact) mass is 257 g/mol. The van der Waals surface area contributed by atoms with Crippen molar-refractivity contribution in [3.05, 3.63) is 24.0 Å². The number of anilines is 1. The molecule has 0 aromatic heterocycles. The van der Waals surface area contributed by atoms with E-state index in [9.17, 15) is 12.8 Å². The Balaban J connectivity index is 3.09. The number of nitrogens with zero attached hydrogens (tertiary/aromatic N) is 2. The van der Waals surface area contributed by atoms with E-state index in [1.165, 1.54) is 7.05 Å². The van der Waals surface area contributed by atoms with Crippen LogP contribution in [-0.2, 0) is 10.0 Å². The molecule has 0 heterocycles. The molecule has 0 radical (unpaired) electrons. The van der Waals surface area contributed by atoms with E-state index in [1.807, 2.05) is 6.07 Å². The van der Waals surface area contributed by atoms with Crippen LogP contribution in [0.1, 0.15) is 6.42 Å². The zero-order chi connectivity index (χ0) is 13.1. The summed E-state index contributed by atoms with van der Waals surface area (Å²) in [4.78, 5) is -0.153. The van der Waals surface area contributed by atoms with Gasteiger partial charge in [0.05, 0.1) is 11.8 Å². The number of nitriles is 1. The van der Waals surface area contributed by atoms with Crippen molar-refractivity contribution in [1.82, 2.24) is 4.31 Å². The van der Waals surface area contributed by atoms with Crippen LogP contribution in [0, 0.1) is 17.1 Å². The van der Waals surface area contributed by atoms with Gasteiger partial charge in [0.1, 0.15) is 10.7 Å². The Bertz CT molecular complexity index is 551. The van der Waals surface area contributed by atoms with Crippen LogP contribution in [0.4, 0.5) is 10.1 Å². The molecule has 0 amide bonds. The van der Waals surface area contributed by atoms with Crippen molar-refractivity contribution in [2.24, 2.45) is 0 Å². The second-order valence-electron chi connectivity index (χ2n) is 3.42. The third kappa shape index (κ3) is 2.93. The largest absolute Gasteiger partial charge is 0.398 e. The molecule has 1 aromatic rings. The Morgan fingerprint density at radius 2 is 2.18 bits per heavy atom. The molecular weight excluding hydrogens is 245 g/mol. The third-order valence-electron chi connectivity index (χ3n) is 2.20. The third-order valence-corrected chi connectivity index (χ3v) is 4.13. The standard InChI is InChI=1S/C10H12FN3O2S/c1-14(6-2-5-12)17(15,16)10-4-3-8(11)7-9(10)13/h3-4,7H,2,6,13H2,1H3. The lowest BCUT2D eigenvalue weighted by atomic mass is 10.3. The SMILES string of the molecule is CN(CCC#N)S(=O)(=O)c1ccc(F)cc1N. The average Bonchev–Trinajstić information content (AvgIpc) is 2.25. The fourth-order valence-electron chi connectivity index (χ4n) is 1.25. The van der Waals surface area contributed by atoms with Crippen molar-refractivity contribution in [2.75, 3.05) is 19.3 Å². The Morgan fingerprint density at radius 1 is 1.53 bits per heavy atom. The Kier molecular flexibility index (Phi) is 4.04. The first-order chi connectivity index (χ1) is 7.89. The van der Waals surface area contributed by atoms with E-state index in [-0.39, 0.29) is 23.5 Å². The second-order valence-corrected chi connectivity index (χ2v) is 5.43. The van der Waals surface area contributed by atoms with Crippen LogP contribution in [0.25, 0.3) is 0 Å². The fourth-order valence-corrected chi connectivity index (χ4v) is 2.51. The highest BCUT2D eigenvalue weighted by Gasteiger charge is 2.22. The second kappa shape index (κ2) is 5.12. The minimum absolute atomic E-state index is 0.0651. The van der Waals surface area contributed by atoms with Crippen LogP contribution < -0.4 is 5.73 Å². The minimum Gasteiger partial charge on any atom is -0.398 e. The summed E-state index contributed by atoms with van der Waals surface area (Å²) in [6, 6.07) is 4.94. The molecule has 92 valence electrons. The quantitative estimate of drug-likeness (QED) is 0.813. The highest BCUT2D eigenvalue weighted by Crippen LogP contribution is 2.22. The molecule has 1 rings (SSSR count). The van der Waals surface area contributed by atoms with Crippen molar-refractivity contribution in [3.8, 4) is 6.07 Å². The van der Waals surface area contributed by atoms with E-state index < -0.39 is 15.8 Å². The average molecular weight is 257 g/mol. The highest BCUT2D eigenvalue weighted by molar-refractivity contribution is 7.89. The predicted molar refractivity (Wildman–Crippen MR) is 60.9 cm³/mol. The molecule has 0 aliphatic carbocycles. The van der Waals surface area contributed by atoms with E-state index in [2.05, 4.69) is 0 Å². The van der Waals surface area contributed by atoms with Gasteiger partial charge in [0.2, 0.25) is 10.0 Å². The number of halogens is 1. The van der Waals surface area contributed by atoms with Gasteiger partial charge in [-0.05, 0) is 18.2 Å². The molecule has 0 fully saturated rings. The molecule has 0 bridgehead atoms. The lowest BCUT2D eigenvalue weighted by molar-refractivity contribution is 0.476. The zero-order valence-corrected chi connectivity index (χ0v) is 10.0. The molecule has 0 unspecified atom stereocenters. The number of nitrogens with two attached hydrogens (primary N) is 1. The molecular formula is C10H12FN3O2S. The van der Waals surface area contributed by atoms with Gasteiger partial charge in [0.25, 0.3) is 0 Å². The molecule has 0 saturated carbocycles. The fraction of sp³-hybridized carbons (Fsp3) is 0.300. The number of benzene rings is 1. The topological polar surface area (TPSA) is 87.2 Å². The molecule has 7 heteroatoms. The molecule has 0 aliphatic heterocycles. The summed E-state index contributed by atoms with van der Waals surface area (Å²) < 4.78 is 37.8. The van der Waals surface area contributed by atoms with Crippen LogP contribution in [0.2, 0.25) is 0 Å². The van der Waals surface area contributed by atoms with Crippen molar-refractivity contribution in [2.45, 2.75) is 11.3 Å². The number of rotatable bonds is 4. The summed E-state index contributed by atoms with van der Waals surface area (Å²) >= 11 is 0. The molecule has 0 spiro atoms. The lowest BCUT2D eigenvalue weighted by Crippen LogP contribution is -2.28. The smallest absolute Gasteiger partial charge is 0.244 e. The summed E-state index contributed by atoms with van der Waals surface area (Å²) in [6.07, 6.45) is 0.0802. The van der Waals surface area contributed by atoms with Gasteiger partial charge in [-0.15, -0.1) is 0 Å². The van der Waals surface area contributed by atoms with Gasteiger partial charge in [-0.1, -0.05) is 0 Å². The van der Waals surface area contributed by atoms with Gasteiger partial charge in [-0.2, -0.15) is 9.57 Å². The van der Waals surface area contributed by atoms with Crippen molar-refractivity contribution < 1.29 is 12.8 Å². The van der Waals surface area contributed by atoms with E-state index >= 15 is 0 Å². The van der Waals surface area contributed by atoms with Gasteiger partial charge >= 0.3 is 0 Å². The summed E-state index contributed by atoms with van der Waals surface area (Å²) in [7, 11) is -2.43. The van der Waals surface area contributed by atoms with E-state index in [0.29, 0.717) is 0 Å². The molecule has 17 heavy (non-hydrogen) atoms. The normalized spacial score (nSPS) is 11.4. The Hall–Kier alpha value is -1.65. The highest BCUT2D eigenvalue weighted by atomic mass is 32.2. The summed E-state index contributed by atoms with van der Waals surface area (Å²) in [5, 5.41) is 8.40. The lowest BCUT2D eigenvalue weighted by Gasteiger charge is -2.16. The van der Waals surface area contributed by atoms with Crippen LogP contribution in [0.15, 0.2) is 23.1 Å². The first-order valence-electron chi connectivity index (χ1n) is 4.78. The first-order valence-corrected chi connectivity index (χ1v) is 6.22. The van der Waals surface area contributed by atoms with Crippen molar-refractivity contribution in [1.29, 1.82) is 5.26 Å². The predicted octanol–water partition coefficient (Wildman–Crippen LogP) is 0.942. The van der Waals surface area contributed by atoms with Crippen molar-refractivity contribution >= 4 is 15.7 Å². The van der Waals surface area contributed by atoms with Gasteiger partial charge in [-0.25, -0.2) is 12.8 Å². The molecule has 1 aromatic carbocycles. The molecule has 5 nitrogen and oxygen atoms in total. The van der Waals surface area contributed by atoms with Crippen LogP contribution in [0.3, 0.4) is 0 Å². The summed E-state index contributed by atoms with van der Waals surface area (Å²) in [5.74, 6) is -0.596. The first kappa shape index (κ1) is 13.4. The van der Waals surface area contributed by atoms with Gasteiger partial charge in [0, 0.05) is 20.0 Å². The summed E-state index contributed by atoms with van der Waals surface area (Å²) in [6.45, 7) is 0.0651. The van der Waals surface area contributed by atoms with Crippen LogP contribution in [-0.4, -0.2) is 26.3 Å². The van der Waals surface area contributed by atoms with E-state index in [1.54, 1.807) is 0 Å². The molecule has 0 atom stereocenters. The van der Waals surface area contributed by atoms with Crippen LogP contribution >= 0.6 is 0 Å².